The van der Waals surface area contributed by atoms with E-state index in [2.05, 4.69) is 13.8 Å². The summed E-state index contributed by atoms with van der Waals surface area (Å²) in [7, 11) is 1.87. The molecule has 1 aliphatic rings. The minimum absolute atomic E-state index is 0.106. The number of rotatable bonds is 4. The zero-order valence-corrected chi connectivity index (χ0v) is 10.6. The van der Waals surface area contributed by atoms with Crippen LogP contribution in [0.5, 0.6) is 0 Å². The monoisotopic (exact) mass is 228 g/mol. The maximum atomic E-state index is 12.1. The molecule has 0 saturated carbocycles. The quantitative estimate of drug-likeness (QED) is 0.770. The van der Waals surface area contributed by atoms with E-state index in [1.807, 2.05) is 16.8 Å². The maximum Gasteiger partial charge on any atom is 0.237 e. The summed E-state index contributed by atoms with van der Waals surface area (Å²) < 4.78 is 0. The second-order valence-electron chi connectivity index (χ2n) is 4.89. The first-order valence-corrected chi connectivity index (χ1v) is 6.16. The number of carbonyl (C=O) groups is 1. The Labute approximate surface area is 98.2 Å². The zero-order chi connectivity index (χ0) is 12.1. The third-order valence-electron chi connectivity index (χ3n) is 3.37. The number of aliphatic hydroxyl groups excluding tert-OH is 1. The van der Waals surface area contributed by atoms with Gasteiger partial charge in [0, 0.05) is 18.6 Å². The molecule has 2 atom stereocenters. The fourth-order valence-corrected chi connectivity index (χ4v) is 2.48. The minimum atomic E-state index is 0.106. The van der Waals surface area contributed by atoms with Crippen LogP contribution in [-0.2, 0) is 4.79 Å². The highest BCUT2D eigenvalue weighted by Crippen LogP contribution is 2.22. The van der Waals surface area contributed by atoms with Gasteiger partial charge < -0.3 is 10.0 Å². The number of piperidine rings is 1. The first kappa shape index (κ1) is 13.5. The van der Waals surface area contributed by atoms with Gasteiger partial charge in [0.05, 0.1) is 13.2 Å². The van der Waals surface area contributed by atoms with Crippen LogP contribution < -0.4 is 0 Å². The molecule has 1 saturated heterocycles. The Bertz CT molecular complexity index is 223. The summed E-state index contributed by atoms with van der Waals surface area (Å²) in [5.41, 5.74) is 0. The second-order valence-corrected chi connectivity index (χ2v) is 4.89. The van der Waals surface area contributed by atoms with Gasteiger partial charge in [-0.1, -0.05) is 0 Å². The highest BCUT2D eigenvalue weighted by molar-refractivity contribution is 5.79. The molecule has 1 aliphatic heterocycles. The van der Waals surface area contributed by atoms with Crippen molar-refractivity contribution in [3.63, 3.8) is 0 Å². The van der Waals surface area contributed by atoms with Gasteiger partial charge in [0.25, 0.3) is 0 Å². The van der Waals surface area contributed by atoms with Crippen molar-refractivity contribution in [1.29, 1.82) is 0 Å². The Hall–Kier alpha value is -0.610. The summed E-state index contributed by atoms with van der Waals surface area (Å²) in [5.74, 6) is 0.190. The number of aliphatic hydroxyl groups is 1. The molecule has 1 amide bonds. The molecular weight excluding hydrogens is 204 g/mol. The zero-order valence-electron chi connectivity index (χ0n) is 10.6. The smallest absolute Gasteiger partial charge is 0.237 e. The van der Waals surface area contributed by atoms with Crippen LogP contribution in [0, 0.1) is 0 Å². The molecule has 0 spiro atoms. The fraction of sp³-hybridized carbons (Fsp3) is 0.917. The largest absolute Gasteiger partial charge is 0.395 e. The molecule has 16 heavy (non-hydrogen) atoms. The van der Waals surface area contributed by atoms with Crippen LogP contribution in [0.4, 0.5) is 0 Å². The molecule has 0 aliphatic carbocycles. The number of likely N-dealkylation sites (N-methyl/N-ethyl adjacent to an activating group) is 1. The van der Waals surface area contributed by atoms with E-state index in [1.54, 1.807) is 0 Å². The summed E-state index contributed by atoms with van der Waals surface area (Å²) >= 11 is 0. The number of carbonyl (C=O) groups excluding carboxylic acids is 1. The second kappa shape index (κ2) is 6.21. The van der Waals surface area contributed by atoms with Gasteiger partial charge in [-0.25, -0.2) is 0 Å². The van der Waals surface area contributed by atoms with Crippen LogP contribution in [0.25, 0.3) is 0 Å². The molecule has 2 unspecified atom stereocenters. The van der Waals surface area contributed by atoms with Gasteiger partial charge in [-0.3, -0.25) is 9.69 Å². The van der Waals surface area contributed by atoms with E-state index in [1.165, 1.54) is 6.42 Å². The van der Waals surface area contributed by atoms with Gasteiger partial charge in [-0.2, -0.15) is 0 Å². The van der Waals surface area contributed by atoms with Crippen molar-refractivity contribution in [1.82, 2.24) is 9.80 Å². The number of amides is 1. The average Bonchev–Trinajstić information content (AvgIpc) is 2.17. The van der Waals surface area contributed by atoms with Crippen molar-refractivity contribution < 1.29 is 9.90 Å². The van der Waals surface area contributed by atoms with Gasteiger partial charge >= 0.3 is 0 Å². The number of hydrogen-bond donors (Lipinski definition) is 1. The normalized spacial score (nSPS) is 26.2. The predicted molar refractivity (Wildman–Crippen MR) is 64.2 cm³/mol. The molecule has 1 rings (SSSR count). The maximum absolute atomic E-state index is 12.1. The Morgan fingerprint density at radius 3 is 2.44 bits per heavy atom. The van der Waals surface area contributed by atoms with Gasteiger partial charge in [0.15, 0.2) is 0 Å². The van der Waals surface area contributed by atoms with Gasteiger partial charge in [0.2, 0.25) is 5.91 Å². The van der Waals surface area contributed by atoms with Crippen LogP contribution in [-0.4, -0.2) is 59.6 Å². The average molecular weight is 228 g/mol. The van der Waals surface area contributed by atoms with Crippen LogP contribution in [0.15, 0.2) is 0 Å². The molecule has 1 heterocycles. The minimum Gasteiger partial charge on any atom is -0.395 e. The van der Waals surface area contributed by atoms with E-state index in [9.17, 15) is 4.79 Å². The molecule has 0 aromatic rings. The van der Waals surface area contributed by atoms with Crippen molar-refractivity contribution in [3.8, 4) is 0 Å². The lowest BCUT2D eigenvalue weighted by atomic mass is 9.97. The Balaban J connectivity index is 2.50. The van der Waals surface area contributed by atoms with Crippen molar-refractivity contribution in [2.75, 3.05) is 26.7 Å². The Kier molecular flexibility index (Phi) is 5.22. The summed E-state index contributed by atoms with van der Waals surface area (Å²) in [6, 6.07) is 0.720. The van der Waals surface area contributed by atoms with E-state index in [-0.39, 0.29) is 12.5 Å². The first-order valence-electron chi connectivity index (χ1n) is 6.16. The molecule has 0 aromatic heterocycles. The third kappa shape index (κ3) is 3.46. The van der Waals surface area contributed by atoms with Crippen molar-refractivity contribution >= 4 is 5.91 Å². The van der Waals surface area contributed by atoms with Gasteiger partial charge in [-0.15, -0.1) is 0 Å². The summed E-state index contributed by atoms with van der Waals surface area (Å²) in [4.78, 5) is 16.0. The highest BCUT2D eigenvalue weighted by Gasteiger charge is 2.28. The molecule has 0 radical (unpaired) electrons. The number of hydrogen-bond acceptors (Lipinski definition) is 3. The van der Waals surface area contributed by atoms with Crippen LogP contribution >= 0.6 is 0 Å². The Morgan fingerprint density at radius 2 is 1.94 bits per heavy atom. The number of likely N-dealkylation sites (tertiary alicyclic amines) is 1. The lowest BCUT2D eigenvalue weighted by Crippen LogP contribution is -2.50. The molecule has 0 bridgehead atoms. The lowest BCUT2D eigenvalue weighted by molar-refractivity contribution is -0.138. The molecule has 0 aromatic carbocycles. The van der Waals surface area contributed by atoms with E-state index in [4.69, 9.17) is 5.11 Å². The molecule has 1 N–H and O–H groups in total. The predicted octanol–water partition coefficient (Wildman–Crippen LogP) is 0.700. The van der Waals surface area contributed by atoms with Crippen molar-refractivity contribution in [2.24, 2.45) is 0 Å². The van der Waals surface area contributed by atoms with Crippen molar-refractivity contribution in [2.45, 2.75) is 45.2 Å². The summed E-state index contributed by atoms with van der Waals surface area (Å²) in [6.07, 6.45) is 3.44. The van der Waals surface area contributed by atoms with Crippen LogP contribution in [0.1, 0.15) is 33.1 Å². The van der Waals surface area contributed by atoms with Crippen LogP contribution in [0.3, 0.4) is 0 Å². The van der Waals surface area contributed by atoms with E-state index < -0.39 is 0 Å². The first-order chi connectivity index (χ1) is 7.56. The van der Waals surface area contributed by atoms with Gasteiger partial charge in [-0.05, 0) is 40.2 Å². The van der Waals surface area contributed by atoms with Crippen LogP contribution in [0.2, 0.25) is 0 Å². The highest BCUT2D eigenvalue weighted by atomic mass is 16.3. The van der Waals surface area contributed by atoms with Crippen molar-refractivity contribution in [3.05, 3.63) is 0 Å². The Morgan fingerprint density at radius 1 is 1.38 bits per heavy atom. The SMILES string of the molecule is CC1CCCC(C)N1C(=O)CN(C)CCO. The standard InChI is InChI=1S/C12H24N2O2/c1-10-5-4-6-11(2)14(10)12(16)9-13(3)7-8-15/h10-11,15H,4-9H2,1-3H3. The van der Waals surface area contributed by atoms with E-state index in [0.29, 0.717) is 25.2 Å². The molecule has 1 fully saturated rings. The third-order valence-corrected chi connectivity index (χ3v) is 3.37. The molecular formula is C12H24N2O2. The molecule has 4 nitrogen and oxygen atoms in total. The molecule has 94 valence electrons. The number of nitrogens with zero attached hydrogens (tertiary/aromatic N) is 2. The topological polar surface area (TPSA) is 43.8 Å². The van der Waals surface area contributed by atoms with E-state index in [0.717, 1.165) is 12.8 Å². The van der Waals surface area contributed by atoms with E-state index >= 15 is 0 Å². The summed E-state index contributed by atoms with van der Waals surface area (Å²) in [6.45, 7) is 5.33. The molecule has 4 heteroatoms. The lowest BCUT2D eigenvalue weighted by Gasteiger charge is -2.39. The summed E-state index contributed by atoms with van der Waals surface area (Å²) in [5, 5.41) is 8.80. The fourth-order valence-electron chi connectivity index (χ4n) is 2.48. The van der Waals surface area contributed by atoms with Gasteiger partial charge in [0.1, 0.15) is 0 Å².